The van der Waals surface area contributed by atoms with Gasteiger partial charge in [-0.15, -0.1) is 0 Å². The monoisotopic (exact) mass is 312 g/mol. The van der Waals surface area contributed by atoms with E-state index in [1.165, 1.54) is 37.8 Å². The Balaban J connectivity index is 1.93. The van der Waals surface area contributed by atoms with Crippen LogP contribution in [0.1, 0.15) is 25.7 Å². The first-order valence-electron chi connectivity index (χ1n) is 7.35. The molecular weight excluding hydrogens is 288 g/mol. The van der Waals surface area contributed by atoms with Crippen molar-refractivity contribution in [3.05, 3.63) is 18.2 Å². The Morgan fingerprint density at radius 2 is 1.81 bits per heavy atom. The summed E-state index contributed by atoms with van der Waals surface area (Å²) >= 11 is 0. The molecule has 0 aromatic heterocycles. The molecule has 0 bridgehead atoms. The lowest BCUT2D eigenvalue weighted by molar-refractivity contribution is 0.296. The van der Waals surface area contributed by atoms with Crippen LogP contribution < -0.4 is 16.2 Å². The van der Waals surface area contributed by atoms with Gasteiger partial charge in [0.25, 0.3) is 0 Å². The van der Waals surface area contributed by atoms with Crippen molar-refractivity contribution in [1.29, 1.82) is 0 Å². The van der Waals surface area contributed by atoms with Crippen LogP contribution in [0.5, 0.6) is 0 Å². The number of nitrogens with one attached hydrogen (secondary N) is 1. The highest BCUT2D eigenvalue weighted by Crippen LogP contribution is 2.22. The van der Waals surface area contributed by atoms with Gasteiger partial charge in [-0.25, -0.2) is 13.6 Å². The first-order valence-corrected chi connectivity index (χ1v) is 8.90. The summed E-state index contributed by atoms with van der Waals surface area (Å²) in [6.45, 7) is 3.93. The van der Waals surface area contributed by atoms with E-state index in [9.17, 15) is 8.42 Å². The quantitative estimate of drug-likeness (QED) is 0.709. The van der Waals surface area contributed by atoms with E-state index in [2.05, 4.69) is 10.2 Å². The molecule has 1 aromatic carbocycles. The van der Waals surface area contributed by atoms with Crippen LogP contribution in [0.4, 0.5) is 11.4 Å². The fourth-order valence-corrected chi connectivity index (χ4v) is 3.11. The van der Waals surface area contributed by atoms with Gasteiger partial charge in [0.1, 0.15) is 0 Å². The third kappa shape index (κ3) is 4.87. The third-order valence-corrected chi connectivity index (χ3v) is 4.71. The highest BCUT2D eigenvalue weighted by atomic mass is 32.2. The normalized spacial score (nSPS) is 17.4. The van der Waals surface area contributed by atoms with Gasteiger partial charge in [0.2, 0.25) is 10.0 Å². The van der Waals surface area contributed by atoms with Gasteiger partial charge < -0.3 is 16.0 Å². The summed E-state index contributed by atoms with van der Waals surface area (Å²) in [6, 6.07) is 4.48. The lowest BCUT2D eigenvalue weighted by Crippen LogP contribution is -2.30. The molecule has 0 saturated carbocycles. The van der Waals surface area contributed by atoms with Crippen molar-refractivity contribution in [3.8, 4) is 0 Å². The second-order valence-corrected chi connectivity index (χ2v) is 7.04. The summed E-state index contributed by atoms with van der Waals surface area (Å²) in [7, 11) is -3.70. The van der Waals surface area contributed by atoms with Crippen molar-refractivity contribution >= 4 is 21.4 Å². The molecule has 1 aliphatic heterocycles. The van der Waals surface area contributed by atoms with Gasteiger partial charge in [-0.05, 0) is 44.1 Å². The molecule has 0 unspecified atom stereocenters. The van der Waals surface area contributed by atoms with E-state index < -0.39 is 10.0 Å². The predicted molar refractivity (Wildman–Crippen MR) is 85.6 cm³/mol. The Kier molecular flexibility index (Phi) is 5.44. The summed E-state index contributed by atoms with van der Waals surface area (Å²) in [5.41, 5.74) is 7.01. The van der Waals surface area contributed by atoms with Crippen LogP contribution in [0, 0.1) is 0 Å². The molecule has 1 aromatic rings. The van der Waals surface area contributed by atoms with Crippen LogP contribution >= 0.6 is 0 Å². The van der Waals surface area contributed by atoms with Crippen LogP contribution in [0.15, 0.2) is 23.1 Å². The van der Waals surface area contributed by atoms with Crippen LogP contribution in [-0.2, 0) is 10.0 Å². The number of sulfonamides is 1. The average Bonchev–Trinajstić information content (AvgIpc) is 2.68. The number of likely N-dealkylation sites (tertiary alicyclic amines) is 1. The molecule has 0 atom stereocenters. The molecule has 1 saturated heterocycles. The molecule has 1 aliphatic rings. The second kappa shape index (κ2) is 7.11. The largest absolute Gasteiger partial charge is 0.397 e. The van der Waals surface area contributed by atoms with E-state index in [-0.39, 0.29) is 4.90 Å². The lowest BCUT2D eigenvalue weighted by atomic mass is 10.2. The van der Waals surface area contributed by atoms with Crippen molar-refractivity contribution < 1.29 is 8.42 Å². The van der Waals surface area contributed by atoms with Crippen LogP contribution in [0.2, 0.25) is 0 Å². The Labute approximate surface area is 126 Å². The number of nitrogens with two attached hydrogens (primary N) is 2. The minimum atomic E-state index is -3.70. The zero-order chi connectivity index (χ0) is 15.3. The molecule has 2 rings (SSSR count). The summed E-state index contributed by atoms with van der Waals surface area (Å²) < 4.78 is 22.7. The van der Waals surface area contributed by atoms with Crippen molar-refractivity contribution in [3.63, 3.8) is 0 Å². The molecule has 0 radical (unpaired) electrons. The van der Waals surface area contributed by atoms with Crippen LogP contribution in [-0.4, -0.2) is 39.5 Å². The summed E-state index contributed by atoms with van der Waals surface area (Å²) in [6.07, 6.45) is 5.13. The number of nitrogen functional groups attached to an aromatic ring is 1. The maximum absolute atomic E-state index is 11.4. The number of rotatable bonds is 5. The first-order chi connectivity index (χ1) is 9.97. The number of benzene rings is 1. The van der Waals surface area contributed by atoms with Gasteiger partial charge in [0.15, 0.2) is 0 Å². The highest BCUT2D eigenvalue weighted by Gasteiger charge is 2.11. The fourth-order valence-electron chi connectivity index (χ4n) is 2.57. The van der Waals surface area contributed by atoms with Crippen LogP contribution in [0.3, 0.4) is 0 Å². The van der Waals surface area contributed by atoms with Crippen molar-refractivity contribution in [1.82, 2.24) is 4.90 Å². The number of anilines is 2. The van der Waals surface area contributed by atoms with E-state index in [0.717, 1.165) is 26.2 Å². The SMILES string of the molecule is Nc1ccc(S(N)(=O)=O)cc1NCCN1CCCCCC1. The van der Waals surface area contributed by atoms with Crippen molar-refractivity contribution in [2.24, 2.45) is 5.14 Å². The fraction of sp³-hybridized carbons (Fsp3) is 0.571. The number of nitrogens with zero attached hydrogens (tertiary/aromatic N) is 1. The Morgan fingerprint density at radius 3 is 2.43 bits per heavy atom. The maximum atomic E-state index is 11.4. The van der Waals surface area contributed by atoms with E-state index in [1.54, 1.807) is 6.07 Å². The average molecular weight is 312 g/mol. The van der Waals surface area contributed by atoms with E-state index in [4.69, 9.17) is 10.9 Å². The Bertz CT molecular complexity index is 566. The van der Waals surface area contributed by atoms with Crippen molar-refractivity contribution in [2.75, 3.05) is 37.2 Å². The lowest BCUT2D eigenvalue weighted by Gasteiger charge is -2.20. The second-order valence-electron chi connectivity index (χ2n) is 5.48. The minimum absolute atomic E-state index is 0.0778. The molecule has 0 spiro atoms. The van der Waals surface area contributed by atoms with E-state index in [0.29, 0.717) is 11.4 Å². The predicted octanol–water partition coefficient (Wildman–Crippen LogP) is 1.20. The molecule has 7 heteroatoms. The van der Waals surface area contributed by atoms with E-state index in [1.807, 2.05) is 0 Å². The van der Waals surface area contributed by atoms with Gasteiger partial charge in [0.05, 0.1) is 16.3 Å². The van der Waals surface area contributed by atoms with Crippen LogP contribution in [0.25, 0.3) is 0 Å². The summed E-state index contributed by atoms with van der Waals surface area (Å²) in [5, 5.41) is 8.34. The molecule has 1 fully saturated rings. The standard InChI is InChI=1S/C14H24N4O2S/c15-13-6-5-12(21(16,19)20)11-14(13)17-7-10-18-8-3-1-2-4-9-18/h5-6,11,17H,1-4,7-10,15H2,(H2,16,19,20). The van der Waals surface area contributed by atoms with Gasteiger partial charge in [-0.3, -0.25) is 0 Å². The molecule has 0 amide bonds. The van der Waals surface area contributed by atoms with Gasteiger partial charge in [-0.2, -0.15) is 0 Å². The smallest absolute Gasteiger partial charge is 0.238 e. The molecule has 1 heterocycles. The van der Waals surface area contributed by atoms with E-state index >= 15 is 0 Å². The van der Waals surface area contributed by atoms with Crippen molar-refractivity contribution in [2.45, 2.75) is 30.6 Å². The Morgan fingerprint density at radius 1 is 1.14 bits per heavy atom. The molecule has 118 valence electrons. The number of hydrogen-bond donors (Lipinski definition) is 3. The molecule has 0 aliphatic carbocycles. The number of hydrogen-bond acceptors (Lipinski definition) is 5. The molecule has 5 N–H and O–H groups in total. The van der Waals surface area contributed by atoms with Gasteiger partial charge in [-0.1, -0.05) is 12.8 Å². The zero-order valence-corrected chi connectivity index (χ0v) is 13.0. The Hall–Kier alpha value is -1.31. The number of primary sulfonamides is 1. The highest BCUT2D eigenvalue weighted by molar-refractivity contribution is 7.89. The zero-order valence-electron chi connectivity index (χ0n) is 12.2. The minimum Gasteiger partial charge on any atom is -0.397 e. The third-order valence-electron chi connectivity index (χ3n) is 3.80. The topological polar surface area (TPSA) is 101 Å². The summed E-state index contributed by atoms with van der Waals surface area (Å²) in [5.74, 6) is 0. The molecular formula is C14H24N4O2S. The van der Waals surface area contributed by atoms with Gasteiger partial charge >= 0.3 is 0 Å². The molecule has 21 heavy (non-hydrogen) atoms. The maximum Gasteiger partial charge on any atom is 0.238 e. The van der Waals surface area contributed by atoms with Gasteiger partial charge in [0, 0.05) is 13.1 Å². The first kappa shape index (κ1) is 16.1. The summed E-state index contributed by atoms with van der Waals surface area (Å²) in [4.78, 5) is 2.51. The molecule has 6 nitrogen and oxygen atoms in total.